The second-order valence-corrected chi connectivity index (χ2v) is 7.50. The third kappa shape index (κ3) is 5.23. The van der Waals surface area contributed by atoms with Gasteiger partial charge in [-0.25, -0.2) is 4.79 Å². The molecule has 1 fully saturated rings. The number of amides is 2. The van der Waals surface area contributed by atoms with E-state index in [0.717, 1.165) is 38.9 Å². The number of rotatable bonds is 7. The molecule has 2 aromatic carbocycles. The largest absolute Gasteiger partial charge is 0.465 e. The molecule has 0 saturated carbocycles. The standard InChI is InChI=1S/C22H29N3O3/c1-23-21(26)15-20(24-22(27)28)18-10-13-25(14-11-18)12-9-17-7-4-6-16-5-2-3-8-19(16)17/h2-8,18,20,24H,9-15H2,1H3,(H,23,26)(H,27,28). The lowest BCUT2D eigenvalue weighted by Crippen LogP contribution is -2.47. The quantitative estimate of drug-likeness (QED) is 0.687. The van der Waals surface area contributed by atoms with Crippen molar-refractivity contribution in [3.8, 4) is 0 Å². The predicted octanol–water partition coefficient (Wildman–Crippen LogP) is 2.87. The summed E-state index contributed by atoms with van der Waals surface area (Å²) < 4.78 is 0. The molecule has 0 radical (unpaired) electrons. The summed E-state index contributed by atoms with van der Waals surface area (Å²) in [6.45, 7) is 2.86. The Labute approximate surface area is 165 Å². The molecule has 1 saturated heterocycles. The number of fused-ring (bicyclic) bond motifs is 1. The molecular formula is C22H29N3O3. The van der Waals surface area contributed by atoms with Gasteiger partial charge in [0.15, 0.2) is 0 Å². The van der Waals surface area contributed by atoms with Crippen LogP contribution in [0.4, 0.5) is 4.79 Å². The van der Waals surface area contributed by atoms with Crippen molar-refractivity contribution < 1.29 is 14.7 Å². The van der Waals surface area contributed by atoms with E-state index in [4.69, 9.17) is 5.11 Å². The molecule has 0 aromatic heterocycles. The van der Waals surface area contributed by atoms with Crippen molar-refractivity contribution in [2.45, 2.75) is 31.7 Å². The van der Waals surface area contributed by atoms with Crippen molar-refractivity contribution in [2.75, 3.05) is 26.7 Å². The number of likely N-dealkylation sites (tertiary alicyclic amines) is 1. The molecular weight excluding hydrogens is 354 g/mol. The minimum atomic E-state index is -1.06. The van der Waals surface area contributed by atoms with E-state index >= 15 is 0 Å². The fourth-order valence-corrected chi connectivity index (χ4v) is 4.16. The third-order valence-electron chi connectivity index (χ3n) is 5.77. The highest BCUT2D eigenvalue weighted by Gasteiger charge is 2.29. The van der Waals surface area contributed by atoms with Gasteiger partial charge in [0.25, 0.3) is 0 Å². The summed E-state index contributed by atoms with van der Waals surface area (Å²) >= 11 is 0. The molecule has 150 valence electrons. The van der Waals surface area contributed by atoms with E-state index in [0.29, 0.717) is 0 Å². The zero-order valence-electron chi connectivity index (χ0n) is 16.4. The Morgan fingerprint density at radius 3 is 2.57 bits per heavy atom. The second-order valence-electron chi connectivity index (χ2n) is 7.50. The summed E-state index contributed by atoms with van der Waals surface area (Å²) in [4.78, 5) is 25.3. The summed E-state index contributed by atoms with van der Waals surface area (Å²) in [5.74, 6) is 0.0688. The first-order chi connectivity index (χ1) is 13.6. The molecule has 0 aliphatic carbocycles. The van der Waals surface area contributed by atoms with Crippen molar-refractivity contribution in [3.63, 3.8) is 0 Å². The van der Waals surface area contributed by atoms with Gasteiger partial charge in [0.05, 0.1) is 0 Å². The Bertz CT molecular complexity index is 810. The fourth-order valence-electron chi connectivity index (χ4n) is 4.16. The van der Waals surface area contributed by atoms with E-state index in [-0.39, 0.29) is 24.3 Å². The first kappa shape index (κ1) is 20.1. The summed E-state index contributed by atoms with van der Waals surface area (Å²) in [5, 5.41) is 16.8. The summed E-state index contributed by atoms with van der Waals surface area (Å²) in [7, 11) is 1.58. The zero-order valence-corrected chi connectivity index (χ0v) is 16.4. The van der Waals surface area contributed by atoms with Gasteiger partial charge in [0, 0.05) is 26.1 Å². The van der Waals surface area contributed by atoms with E-state index in [1.807, 2.05) is 0 Å². The Kier molecular flexibility index (Phi) is 6.87. The van der Waals surface area contributed by atoms with Gasteiger partial charge in [-0.15, -0.1) is 0 Å². The van der Waals surface area contributed by atoms with E-state index < -0.39 is 6.09 Å². The number of hydrogen-bond donors (Lipinski definition) is 3. The molecule has 1 atom stereocenters. The molecule has 1 aliphatic heterocycles. The van der Waals surface area contributed by atoms with E-state index in [1.54, 1.807) is 7.05 Å². The van der Waals surface area contributed by atoms with Crippen LogP contribution < -0.4 is 10.6 Å². The lowest BCUT2D eigenvalue weighted by molar-refractivity contribution is -0.121. The molecule has 0 bridgehead atoms. The lowest BCUT2D eigenvalue weighted by atomic mass is 9.87. The van der Waals surface area contributed by atoms with Crippen LogP contribution in [0.1, 0.15) is 24.8 Å². The molecule has 3 rings (SSSR count). The maximum atomic E-state index is 11.7. The Hall–Kier alpha value is -2.60. The van der Waals surface area contributed by atoms with Gasteiger partial charge in [-0.3, -0.25) is 4.79 Å². The van der Waals surface area contributed by atoms with Crippen molar-refractivity contribution in [2.24, 2.45) is 5.92 Å². The van der Waals surface area contributed by atoms with Crippen LogP contribution in [0.25, 0.3) is 10.8 Å². The monoisotopic (exact) mass is 383 g/mol. The smallest absolute Gasteiger partial charge is 0.404 e. The number of nitrogens with one attached hydrogen (secondary N) is 2. The van der Waals surface area contributed by atoms with Crippen LogP contribution >= 0.6 is 0 Å². The summed E-state index contributed by atoms with van der Waals surface area (Å²) in [6, 6.07) is 14.6. The normalized spacial score (nSPS) is 16.6. The van der Waals surface area contributed by atoms with Gasteiger partial charge in [0.1, 0.15) is 0 Å². The van der Waals surface area contributed by atoms with Crippen LogP contribution in [-0.2, 0) is 11.2 Å². The number of benzene rings is 2. The maximum absolute atomic E-state index is 11.7. The van der Waals surface area contributed by atoms with Crippen LogP contribution in [0.15, 0.2) is 42.5 Å². The minimum absolute atomic E-state index is 0.128. The molecule has 3 N–H and O–H groups in total. The van der Waals surface area contributed by atoms with Crippen LogP contribution in [0.2, 0.25) is 0 Å². The molecule has 2 aromatic rings. The third-order valence-corrected chi connectivity index (χ3v) is 5.77. The predicted molar refractivity (Wildman–Crippen MR) is 110 cm³/mol. The molecule has 6 nitrogen and oxygen atoms in total. The minimum Gasteiger partial charge on any atom is -0.465 e. The molecule has 0 spiro atoms. The molecule has 1 unspecified atom stereocenters. The van der Waals surface area contributed by atoms with Gasteiger partial charge in [0.2, 0.25) is 5.91 Å². The first-order valence-electron chi connectivity index (χ1n) is 9.96. The van der Waals surface area contributed by atoms with Gasteiger partial charge in [-0.05, 0) is 54.6 Å². The highest BCUT2D eigenvalue weighted by Crippen LogP contribution is 2.24. The first-order valence-corrected chi connectivity index (χ1v) is 9.96. The van der Waals surface area contributed by atoms with Gasteiger partial charge < -0.3 is 20.6 Å². The SMILES string of the molecule is CNC(=O)CC(NC(=O)O)C1CCN(CCc2cccc3ccccc23)CC1. The van der Waals surface area contributed by atoms with Crippen molar-refractivity contribution in [3.05, 3.63) is 48.0 Å². The fraction of sp³-hybridized carbons (Fsp3) is 0.455. The number of piperidine rings is 1. The van der Waals surface area contributed by atoms with Gasteiger partial charge >= 0.3 is 6.09 Å². The average Bonchev–Trinajstić information content (AvgIpc) is 2.71. The summed E-state index contributed by atoms with van der Waals surface area (Å²) in [5.41, 5.74) is 1.37. The Morgan fingerprint density at radius 1 is 1.14 bits per heavy atom. The molecule has 1 aliphatic rings. The highest BCUT2D eigenvalue weighted by atomic mass is 16.4. The van der Waals surface area contributed by atoms with Crippen LogP contribution in [0.3, 0.4) is 0 Å². The van der Waals surface area contributed by atoms with E-state index in [1.165, 1.54) is 16.3 Å². The average molecular weight is 383 g/mol. The Balaban J connectivity index is 1.54. The zero-order chi connectivity index (χ0) is 19.9. The van der Waals surface area contributed by atoms with Crippen molar-refractivity contribution >= 4 is 22.8 Å². The van der Waals surface area contributed by atoms with E-state index in [9.17, 15) is 9.59 Å². The second kappa shape index (κ2) is 9.55. The molecule has 1 heterocycles. The number of carbonyl (C=O) groups excluding carboxylic acids is 1. The molecule has 28 heavy (non-hydrogen) atoms. The number of carbonyl (C=O) groups is 2. The number of nitrogens with zero attached hydrogens (tertiary/aromatic N) is 1. The maximum Gasteiger partial charge on any atom is 0.404 e. The van der Waals surface area contributed by atoms with Gasteiger partial charge in [-0.1, -0.05) is 42.5 Å². The van der Waals surface area contributed by atoms with Crippen molar-refractivity contribution in [1.29, 1.82) is 0 Å². The number of carboxylic acid groups (broad SMARTS) is 1. The van der Waals surface area contributed by atoms with Gasteiger partial charge in [-0.2, -0.15) is 0 Å². The molecule has 2 amide bonds. The van der Waals surface area contributed by atoms with Crippen LogP contribution in [-0.4, -0.2) is 54.7 Å². The number of hydrogen-bond acceptors (Lipinski definition) is 3. The Morgan fingerprint density at radius 2 is 1.86 bits per heavy atom. The van der Waals surface area contributed by atoms with E-state index in [2.05, 4.69) is 58.0 Å². The summed E-state index contributed by atoms with van der Waals surface area (Å²) in [6.07, 6.45) is 1.94. The topological polar surface area (TPSA) is 81.7 Å². The van der Waals surface area contributed by atoms with Crippen LogP contribution in [0.5, 0.6) is 0 Å². The van der Waals surface area contributed by atoms with Crippen molar-refractivity contribution in [1.82, 2.24) is 15.5 Å². The van der Waals surface area contributed by atoms with Crippen LogP contribution in [0, 0.1) is 5.92 Å². The molecule has 6 heteroatoms. The lowest BCUT2D eigenvalue weighted by Gasteiger charge is -2.35. The highest BCUT2D eigenvalue weighted by molar-refractivity contribution is 5.85.